The van der Waals surface area contributed by atoms with Crippen molar-refractivity contribution in [1.29, 1.82) is 0 Å². The first kappa shape index (κ1) is 23.5. The molecule has 1 N–H and O–H groups in total. The molecule has 2 heterocycles. The molecule has 180 valence electrons. The van der Waals surface area contributed by atoms with E-state index in [9.17, 15) is 18.8 Å². The van der Waals surface area contributed by atoms with E-state index in [0.717, 1.165) is 44.1 Å². The summed E-state index contributed by atoms with van der Waals surface area (Å²) in [6.45, 7) is 2.68. The zero-order valence-electron chi connectivity index (χ0n) is 19.5. The van der Waals surface area contributed by atoms with Crippen LogP contribution in [0.25, 0.3) is 0 Å². The number of amides is 4. The van der Waals surface area contributed by atoms with Crippen LogP contribution in [0.1, 0.15) is 57.4 Å². The van der Waals surface area contributed by atoms with Gasteiger partial charge in [0.15, 0.2) is 0 Å². The molecule has 0 bridgehead atoms. The third kappa shape index (κ3) is 4.83. The van der Waals surface area contributed by atoms with Gasteiger partial charge in [0.1, 0.15) is 18.0 Å². The van der Waals surface area contributed by atoms with Gasteiger partial charge in [-0.05, 0) is 37.0 Å². The molecule has 1 saturated carbocycles. The van der Waals surface area contributed by atoms with Crippen molar-refractivity contribution >= 4 is 17.8 Å². The van der Waals surface area contributed by atoms with Crippen LogP contribution in [-0.2, 0) is 16.1 Å². The number of carbonyl (C=O) groups is 3. The molecule has 3 fully saturated rings. The van der Waals surface area contributed by atoms with E-state index in [1.165, 1.54) is 12.1 Å². The Balaban J connectivity index is 1.57. The summed E-state index contributed by atoms with van der Waals surface area (Å²) in [5, 5.41) is 6.12. The van der Waals surface area contributed by atoms with Crippen LogP contribution >= 0.6 is 0 Å². The third-order valence-electron chi connectivity index (χ3n) is 7.05. The quantitative estimate of drug-likeness (QED) is 0.710. The Morgan fingerprint density at radius 3 is 2.52 bits per heavy atom. The van der Waals surface area contributed by atoms with Crippen molar-refractivity contribution in [3.8, 4) is 0 Å². The number of unbranched alkanes of at least 4 members (excludes halogenated alkanes) is 1. The SMILES string of the molecule is CCCC[C@H]1C(=O)N(C2CCCC2)C[C@H]2N1C(=O)CN(C)N2C(=O)NCc1ccc(F)cc1. The van der Waals surface area contributed by atoms with E-state index in [1.807, 2.05) is 4.90 Å². The summed E-state index contributed by atoms with van der Waals surface area (Å²) in [5.41, 5.74) is 0.782. The number of benzene rings is 1. The molecular weight excluding hydrogens is 425 g/mol. The molecule has 0 aromatic heterocycles. The second kappa shape index (κ2) is 10.1. The van der Waals surface area contributed by atoms with Crippen LogP contribution in [0.5, 0.6) is 0 Å². The van der Waals surface area contributed by atoms with E-state index in [4.69, 9.17) is 0 Å². The first-order valence-electron chi connectivity index (χ1n) is 12.0. The van der Waals surface area contributed by atoms with Crippen LogP contribution in [0.15, 0.2) is 24.3 Å². The number of likely N-dealkylation sites (N-methyl/N-ethyl adjacent to an activating group) is 1. The molecule has 3 aliphatic rings. The van der Waals surface area contributed by atoms with Gasteiger partial charge in [0.25, 0.3) is 0 Å². The van der Waals surface area contributed by atoms with E-state index in [1.54, 1.807) is 34.1 Å². The molecular formula is C24H34FN5O3. The first-order valence-corrected chi connectivity index (χ1v) is 12.0. The lowest BCUT2D eigenvalue weighted by molar-refractivity contribution is -0.189. The zero-order valence-corrected chi connectivity index (χ0v) is 19.5. The normalized spacial score (nSPS) is 24.4. The predicted octanol–water partition coefficient (Wildman–Crippen LogP) is 2.70. The Hall–Kier alpha value is -2.68. The molecule has 0 spiro atoms. The van der Waals surface area contributed by atoms with Gasteiger partial charge in [-0.15, -0.1) is 0 Å². The molecule has 4 amide bonds. The molecule has 1 aliphatic carbocycles. The van der Waals surface area contributed by atoms with E-state index in [-0.39, 0.29) is 42.8 Å². The highest BCUT2D eigenvalue weighted by Gasteiger charge is 2.51. The van der Waals surface area contributed by atoms with Gasteiger partial charge in [0, 0.05) is 19.6 Å². The summed E-state index contributed by atoms with van der Waals surface area (Å²) < 4.78 is 13.2. The van der Waals surface area contributed by atoms with Gasteiger partial charge in [-0.2, -0.15) is 0 Å². The smallest absolute Gasteiger partial charge is 0.334 e. The Kier molecular flexibility index (Phi) is 7.17. The van der Waals surface area contributed by atoms with E-state index in [2.05, 4.69) is 12.2 Å². The molecule has 0 unspecified atom stereocenters. The number of hydrogen-bond acceptors (Lipinski definition) is 4. The zero-order chi connectivity index (χ0) is 23.5. The van der Waals surface area contributed by atoms with E-state index < -0.39 is 12.2 Å². The lowest BCUT2D eigenvalue weighted by Crippen LogP contribution is -2.76. The number of nitrogens with one attached hydrogen (secondary N) is 1. The summed E-state index contributed by atoms with van der Waals surface area (Å²) in [7, 11) is 1.73. The highest BCUT2D eigenvalue weighted by molar-refractivity contribution is 5.91. The van der Waals surface area contributed by atoms with Crippen molar-refractivity contribution in [3.05, 3.63) is 35.6 Å². The Labute approximate surface area is 194 Å². The number of nitrogens with zero attached hydrogens (tertiary/aromatic N) is 4. The fraction of sp³-hybridized carbons (Fsp3) is 0.625. The molecule has 2 saturated heterocycles. The number of urea groups is 1. The maximum Gasteiger partial charge on any atom is 0.334 e. The average Bonchev–Trinajstić information content (AvgIpc) is 3.32. The van der Waals surface area contributed by atoms with Crippen LogP contribution in [0.2, 0.25) is 0 Å². The van der Waals surface area contributed by atoms with Crippen molar-refractivity contribution < 1.29 is 18.8 Å². The summed E-state index contributed by atoms with van der Waals surface area (Å²) in [6.07, 6.45) is 5.99. The summed E-state index contributed by atoms with van der Waals surface area (Å²) in [5.74, 6) is -0.422. The molecule has 33 heavy (non-hydrogen) atoms. The second-order valence-corrected chi connectivity index (χ2v) is 9.31. The van der Waals surface area contributed by atoms with Gasteiger partial charge in [-0.3, -0.25) is 9.59 Å². The fourth-order valence-corrected chi connectivity index (χ4v) is 5.34. The molecule has 9 heteroatoms. The average molecular weight is 460 g/mol. The Bertz CT molecular complexity index is 873. The Morgan fingerprint density at radius 1 is 1.15 bits per heavy atom. The van der Waals surface area contributed by atoms with Gasteiger partial charge in [-0.1, -0.05) is 44.7 Å². The van der Waals surface area contributed by atoms with Gasteiger partial charge < -0.3 is 15.1 Å². The number of rotatable bonds is 6. The van der Waals surface area contributed by atoms with Crippen LogP contribution < -0.4 is 5.32 Å². The first-order chi connectivity index (χ1) is 15.9. The number of carbonyl (C=O) groups excluding carboxylic acids is 3. The second-order valence-electron chi connectivity index (χ2n) is 9.31. The summed E-state index contributed by atoms with van der Waals surface area (Å²) in [6, 6.07) is 5.30. The molecule has 4 rings (SSSR count). The van der Waals surface area contributed by atoms with Crippen molar-refractivity contribution in [2.45, 2.75) is 76.7 Å². The fourth-order valence-electron chi connectivity index (χ4n) is 5.34. The summed E-state index contributed by atoms with van der Waals surface area (Å²) in [4.78, 5) is 43.5. The lowest BCUT2D eigenvalue weighted by Gasteiger charge is -2.55. The molecule has 2 atom stereocenters. The van der Waals surface area contributed by atoms with Gasteiger partial charge >= 0.3 is 6.03 Å². The maximum atomic E-state index is 13.5. The van der Waals surface area contributed by atoms with Crippen LogP contribution in [-0.4, -0.2) is 76.0 Å². The number of fused-ring (bicyclic) bond motifs is 1. The standard InChI is InChI=1S/C24H34FN5O3/c1-3-4-9-20-23(32)28(19-7-5-6-8-19)15-21-29(20)22(31)16-27(2)30(21)24(33)26-14-17-10-12-18(25)13-11-17/h10-13,19-21H,3-9,14-16H2,1-2H3,(H,26,33)/t20-,21-/m0/s1. The van der Waals surface area contributed by atoms with Gasteiger partial charge in [-0.25, -0.2) is 19.2 Å². The number of hydrogen-bond donors (Lipinski definition) is 1. The van der Waals surface area contributed by atoms with E-state index >= 15 is 0 Å². The molecule has 8 nitrogen and oxygen atoms in total. The molecule has 2 aliphatic heterocycles. The highest BCUT2D eigenvalue weighted by Crippen LogP contribution is 2.33. The van der Waals surface area contributed by atoms with Gasteiger partial charge in [0.2, 0.25) is 11.8 Å². The summed E-state index contributed by atoms with van der Waals surface area (Å²) >= 11 is 0. The maximum absolute atomic E-state index is 13.5. The van der Waals surface area contributed by atoms with E-state index in [0.29, 0.717) is 13.0 Å². The molecule has 0 radical (unpaired) electrons. The van der Waals surface area contributed by atoms with Crippen molar-refractivity contribution in [2.24, 2.45) is 0 Å². The van der Waals surface area contributed by atoms with Crippen LogP contribution in [0.3, 0.4) is 0 Å². The van der Waals surface area contributed by atoms with Crippen LogP contribution in [0, 0.1) is 5.82 Å². The molecule has 1 aromatic rings. The van der Waals surface area contributed by atoms with Crippen molar-refractivity contribution in [1.82, 2.24) is 25.1 Å². The van der Waals surface area contributed by atoms with Crippen molar-refractivity contribution in [2.75, 3.05) is 20.1 Å². The Morgan fingerprint density at radius 2 is 1.85 bits per heavy atom. The minimum atomic E-state index is -0.537. The van der Waals surface area contributed by atoms with Crippen molar-refractivity contribution in [3.63, 3.8) is 0 Å². The number of hydrazine groups is 1. The number of piperazine rings is 1. The minimum Gasteiger partial charge on any atom is -0.334 e. The minimum absolute atomic E-state index is 0.0242. The van der Waals surface area contributed by atoms with Crippen LogP contribution in [0.4, 0.5) is 9.18 Å². The highest BCUT2D eigenvalue weighted by atomic mass is 19.1. The molecule has 1 aromatic carbocycles. The monoisotopic (exact) mass is 459 g/mol. The number of halogens is 1. The third-order valence-corrected chi connectivity index (χ3v) is 7.05. The topological polar surface area (TPSA) is 76.2 Å². The lowest BCUT2D eigenvalue weighted by atomic mass is 9.99. The largest absolute Gasteiger partial charge is 0.334 e. The predicted molar refractivity (Wildman–Crippen MR) is 121 cm³/mol. The van der Waals surface area contributed by atoms with Gasteiger partial charge in [0.05, 0.1) is 13.1 Å².